The molecule has 0 saturated carbocycles. The summed E-state index contributed by atoms with van der Waals surface area (Å²) in [7, 11) is 0. The third-order valence-electron chi connectivity index (χ3n) is 5.36. The van der Waals surface area contributed by atoms with Gasteiger partial charge in [-0.25, -0.2) is 0 Å². The van der Waals surface area contributed by atoms with Gasteiger partial charge in [0.25, 0.3) is 5.91 Å². The highest BCUT2D eigenvalue weighted by molar-refractivity contribution is 6.10. The van der Waals surface area contributed by atoms with E-state index in [9.17, 15) is 10.1 Å². The van der Waals surface area contributed by atoms with Crippen molar-refractivity contribution in [3.05, 3.63) is 107 Å². The van der Waals surface area contributed by atoms with Crippen molar-refractivity contribution in [3.63, 3.8) is 0 Å². The summed E-state index contributed by atoms with van der Waals surface area (Å²) in [4.78, 5) is 12.7. The van der Waals surface area contributed by atoms with E-state index in [1.807, 2.05) is 67.7 Å². The summed E-state index contributed by atoms with van der Waals surface area (Å²) >= 11 is 0. The molecule has 0 aliphatic heterocycles. The number of carbonyl (C=O) groups is 1. The van der Waals surface area contributed by atoms with Gasteiger partial charge in [-0.3, -0.25) is 4.79 Å². The van der Waals surface area contributed by atoms with Crippen LogP contribution in [0.2, 0.25) is 0 Å². The second-order valence-corrected chi connectivity index (χ2v) is 7.65. The average Bonchev–Trinajstić information content (AvgIpc) is 3.11. The lowest BCUT2D eigenvalue weighted by molar-refractivity contribution is -0.112. The lowest BCUT2D eigenvalue weighted by atomic mass is 10.1. The summed E-state index contributed by atoms with van der Waals surface area (Å²) < 4.78 is 2.16. The van der Waals surface area contributed by atoms with Crippen molar-refractivity contribution in [2.24, 2.45) is 0 Å². The van der Waals surface area contributed by atoms with Crippen molar-refractivity contribution in [2.75, 3.05) is 5.32 Å². The molecule has 3 aromatic carbocycles. The molecular weight excluding hydrogens is 382 g/mol. The fourth-order valence-electron chi connectivity index (χ4n) is 3.72. The molecule has 152 valence electrons. The molecule has 1 aromatic heterocycles. The van der Waals surface area contributed by atoms with E-state index in [2.05, 4.69) is 41.1 Å². The quantitative estimate of drug-likeness (QED) is 0.334. The zero-order valence-corrected chi connectivity index (χ0v) is 17.6. The fourth-order valence-corrected chi connectivity index (χ4v) is 3.72. The molecule has 31 heavy (non-hydrogen) atoms. The van der Waals surface area contributed by atoms with Gasteiger partial charge in [-0.15, -0.1) is 0 Å². The molecule has 0 bridgehead atoms. The van der Waals surface area contributed by atoms with Crippen LogP contribution in [0.15, 0.2) is 84.6 Å². The molecule has 0 aliphatic rings. The molecule has 0 saturated heterocycles. The first-order valence-corrected chi connectivity index (χ1v) is 10.2. The van der Waals surface area contributed by atoms with Crippen LogP contribution in [-0.4, -0.2) is 10.5 Å². The van der Waals surface area contributed by atoms with E-state index in [-0.39, 0.29) is 5.57 Å². The minimum atomic E-state index is -0.413. The van der Waals surface area contributed by atoms with Crippen molar-refractivity contribution < 1.29 is 4.79 Å². The third-order valence-corrected chi connectivity index (χ3v) is 5.36. The first kappa shape index (κ1) is 20.2. The number of para-hydroxylation sites is 1. The number of aromatic nitrogens is 1. The second-order valence-electron chi connectivity index (χ2n) is 7.65. The van der Waals surface area contributed by atoms with E-state index in [1.165, 1.54) is 11.1 Å². The van der Waals surface area contributed by atoms with Crippen molar-refractivity contribution >= 4 is 28.6 Å². The van der Waals surface area contributed by atoms with Crippen molar-refractivity contribution in [3.8, 4) is 6.07 Å². The van der Waals surface area contributed by atoms with Gasteiger partial charge in [0.2, 0.25) is 0 Å². The summed E-state index contributed by atoms with van der Waals surface area (Å²) in [5.74, 6) is -0.413. The average molecular weight is 406 g/mol. The van der Waals surface area contributed by atoms with Crippen LogP contribution in [0, 0.1) is 25.2 Å². The number of rotatable bonds is 5. The number of amides is 1. The zero-order chi connectivity index (χ0) is 21.8. The number of nitrogens with one attached hydrogen (secondary N) is 1. The van der Waals surface area contributed by atoms with Crippen LogP contribution in [0.4, 0.5) is 5.69 Å². The number of anilines is 1. The monoisotopic (exact) mass is 405 g/mol. The minimum Gasteiger partial charge on any atom is -0.342 e. The predicted octanol–water partition coefficient (Wildman–Crippen LogP) is 5.85. The Morgan fingerprint density at radius 3 is 2.58 bits per heavy atom. The molecule has 1 heterocycles. The molecule has 0 atom stereocenters. The summed E-state index contributed by atoms with van der Waals surface area (Å²) in [6.45, 7) is 4.78. The minimum absolute atomic E-state index is 0.0697. The second kappa shape index (κ2) is 8.73. The number of benzene rings is 3. The normalized spacial score (nSPS) is 11.3. The maximum atomic E-state index is 12.7. The van der Waals surface area contributed by atoms with Gasteiger partial charge in [-0.05, 0) is 54.8 Å². The molecule has 4 rings (SSSR count). The third kappa shape index (κ3) is 4.41. The number of nitriles is 1. The van der Waals surface area contributed by atoms with Crippen LogP contribution in [0.25, 0.3) is 17.0 Å². The van der Waals surface area contributed by atoms with Crippen LogP contribution >= 0.6 is 0 Å². The Kier molecular flexibility index (Phi) is 5.68. The highest BCUT2D eigenvalue weighted by Crippen LogP contribution is 2.25. The number of aryl methyl sites for hydroxylation is 2. The molecule has 0 aliphatic carbocycles. The SMILES string of the molecule is Cc1cccc(NC(=O)/C(C#N)=C/c2cn(Cc3ccccc3C)c3ccccc23)c1. The highest BCUT2D eigenvalue weighted by atomic mass is 16.1. The molecule has 0 fully saturated rings. The van der Waals surface area contributed by atoms with E-state index < -0.39 is 5.91 Å². The number of carbonyl (C=O) groups excluding carboxylic acids is 1. The van der Waals surface area contributed by atoms with E-state index in [0.717, 1.165) is 28.6 Å². The van der Waals surface area contributed by atoms with E-state index in [1.54, 1.807) is 6.08 Å². The smallest absolute Gasteiger partial charge is 0.266 e. The molecule has 0 radical (unpaired) electrons. The Balaban J connectivity index is 1.70. The Morgan fingerprint density at radius 1 is 1.03 bits per heavy atom. The number of hydrogen-bond acceptors (Lipinski definition) is 2. The van der Waals surface area contributed by atoms with Crippen molar-refractivity contribution in [1.82, 2.24) is 4.57 Å². The topological polar surface area (TPSA) is 57.8 Å². The van der Waals surface area contributed by atoms with Crippen LogP contribution < -0.4 is 5.32 Å². The standard InChI is InChI=1S/C27H23N3O/c1-19-8-7-11-24(14-19)29-27(31)22(16-28)15-23-18-30(26-13-6-5-12-25(23)26)17-21-10-4-3-9-20(21)2/h3-15,18H,17H2,1-2H3,(H,29,31)/b22-15+. The Hall–Kier alpha value is -4.10. The molecule has 1 amide bonds. The highest BCUT2D eigenvalue weighted by Gasteiger charge is 2.13. The maximum absolute atomic E-state index is 12.7. The molecular formula is C27H23N3O. The van der Waals surface area contributed by atoms with Crippen LogP contribution in [0.5, 0.6) is 0 Å². The first-order chi connectivity index (χ1) is 15.0. The molecule has 0 unspecified atom stereocenters. The van der Waals surface area contributed by atoms with E-state index >= 15 is 0 Å². The summed E-state index contributed by atoms with van der Waals surface area (Å²) in [5.41, 5.74) is 6.16. The van der Waals surface area contributed by atoms with Crippen LogP contribution in [-0.2, 0) is 11.3 Å². The Bertz CT molecular complexity index is 1340. The van der Waals surface area contributed by atoms with Gasteiger partial charge in [0.05, 0.1) is 0 Å². The largest absolute Gasteiger partial charge is 0.342 e. The van der Waals surface area contributed by atoms with Gasteiger partial charge >= 0.3 is 0 Å². The van der Waals surface area contributed by atoms with Gasteiger partial charge in [0.1, 0.15) is 11.6 Å². The van der Waals surface area contributed by atoms with Gasteiger partial charge in [0, 0.05) is 34.9 Å². The molecule has 4 aromatic rings. The Labute approximate surface area is 182 Å². The predicted molar refractivity (Wildman–Crippen MR) is 126 cm³/mol. The fraction of sp³-hybridized carbons (Fsp3) is 0.111. The number of hydrogen-bond donors (Lipinski definition) is 1. The summed E-state index contributed by atoms with van der Waals surface area (Å²) in [6, 6.07) is 25.9. The molecule has 4 heteroatoms. The van der Waals surface area contributed by atoms with Crippen molar-refractivity contribution in [1.29, 1.82) is 5.26 Å². The van der Waals surface area contributed by atoms with Gasteiger partial charge < -0.3 is 9.88 Å². The van der Waals surface area contributed by atoms with Gasteiger partial charge in [-0.1, -0.05) is 54.6 Å². The number of nitrogens with zero attached hydrogens (tertiary/aromatic N) is 2. The first-order valence-electron chi connectivity index (χ1n) is 10.2. The molecule has 4 nitrogen and oxygen atoms in total. The van der Waals surface area contributed by atoms with Crippen LogP contribution in [0.3, 0.4) is 0 Å². The number of fused-ring (bicyclic) bond motifs is 1. The lowest BCUT2D eigenvalue weighted by Crippen LogP contribution is -2.13. The molecule has 0 spiro atoms. The summed E-state index contributed by atoms with van der Waals surface area (Å²) in [6.07, 6.45) is 3.68. The lowest BCUT2D eigenvalue weighted by Gasteiger charge is -2.08. The van der Waals surface area contributed by atoms with E-state index in [4.69, 9.17) is 0 Å². The zero-order valence-electron chi connectivity index (χ0n) is 17.6. The summed E-state index contributed by atoms with van der Waals surface area (Å²) in [5, 5.41) is 13.5. The van der Waals surface area contributed by atoms with E-state index in [0.29, 0.717) is 5.69 Å². The Morgan fingerprint density at radius 2 is 1.81 bits per heavy atom. The van der Waals surface area contributed by atoms with Gasteiger partial charge in [0.15, 0.2) is 0 Å². The van der Waals surface area contributed by atoms with Gasteiger partial charge in [-0.2, -0.15) is 5.26 Å². The van der Waals surface area contributed by atoms with Crippen molar-refractivity contribution in [2.45, 2.75) is 20.4 Å². The molecule has 1 N–H and O–H groups in total. The maximum Gasteiger partial charge on any atom is 0.266 e. The van der Waals surface area contributed by atoms with Crippen LogP contribution in [0.1, 0.15) is 22.3 Å².